The standard InChI is InChI=1S/C19H36O5/c20-17(9-1-5-13-21-18-11-3-7-15-23-18)10-2-6-14-22-19-12-4-8-16-24-19/h17-20H,1-16H2. The maximum absolute atomic E-state index is 10.0. The summed E-state index contributed by atoms with van der Waals surface area (Å²) in [5.41, 5.74) is 0. The van der Waals surface area contributed by atoms with Gasteiger partial charge in [0.25, 0.3) is 0 Å². The molecule has 1 N–H and O–H groups in total. The summed E-state index contributed by atoms with van der Waals surface area (Å²) in [7, 11) is 0. The maximum Gasteiger partial charge on any atom is 0.157 e. The first-order valence-corrected chi connectivity index (χ1v) is 9.99. The van der Waals surface area contributed by atoms with Gasteiger partial charge in [0.1, 0.15) is 0 Å². The van der Waals surface area contributed by atoms with Crippen molar-refractivity contribution in [1.29, 1.82) is 0 Å². The van der Waals surface area contributed by atoms with Gasteiger partial charge < -0.3 is 24.1 Å². The van der Waals surface area contributed by atoms with E-state index in [0.717, 1.165) is 90.6 Å². The Hall–Kier alpha value is -0.200. The summed E-state index contributed by atoms with van der Waals surface area (Å²) in [6, 6.07) is 0. The van der Waals surface area contributed by atoms with Crippen LogP contribution in [0.2, 0.25) is 0 Å². The molecule has 0 spiro atoms. The van der Waals surface area contributed by atoms with Crippen LogP contribution in [-0.2, 0) is 18.9 Å². The van der Waals surface area contributed by atoms with Crippen LogP contribution >= 0.6 is 0 Å². The van der Waals surface area contributed by atoms with Crippen LogP contribution in [0.4, 0.5) is 0 Å². The lowest BCUT2D eigenvalue weighted by atomic mass is 10.1. The summed E-state index contributed by atoms with van der Waals surface area (Å²) in [4.78, 5) is 0. The first kappa shape index (κ1) is 20.1. The number of ether oxygens (including phenoxy) is 4. The fraction of sp³-hybridized carbons (Fsp3) is 1.00. The van der Waals surface area contributed by atoms with Gasteiger partial charge in [0, 0.05) is 26.4 Å². The quantitative estimate of drug-likeness (QED) is 0.546. The van der Waals surface area contributed by atoms with E-state index in [9.17, 15) is 5.11 Å². The number of hydrogen-bond acceptors (Lipinski definition) is 5. The van der Waals surface area contributed by atoms with Crippen molar-refractivity contribution in [2.75, 3.05) is 26.4 Å². The van der Waals surface area contributed by atoms with Gasteiger partial charge in [0.2, 0.25) is 0 Å². The molecule has 0 aromatic rings. The summed E-state index contributed by atoms with van der Waals surface area (Å²) in [6.07, 6.45) is 12.4. The third kappa shape index (κ3) is 9.33. The van der Waals surface area contributed by atoms with Crippen LogP contribution in [0.1, 0.15) is 77.0 Å². The highest BCUT2D eigenvalue weighted by Gasteiger charge is 2.14. The third-order valence-corrected chi connectivity index (χ3v) is 4.75. The van der Waals surface area contributed by atoms with Crippen LogP contribution in [0.25, 0.3) is 0 Å². The second kappa shape index (κ2) is 13.1. The summed E-state index contributed by atoms with van der Waals surface area (Å²) >= 11 is 0. The molecule has 2 unspecified atom stereocenters. The van der Waals surface area contributed by atoms with Gasteiger partial charge in [-0.2, -0.15) is 0 Å². The molecule has 142 valence electrons. The van der Waals surface area contributed by atoms with E-state index in [2.05, 4.69) is 0 Å². The van der Waals surface area contributed by atoms with E-state index in [0.29, 0.717) is 0 Å². The van der Waals surface area contributed by atoms with Crippen molar-refractivity contribution in [2.24, 2.45) is 0 Å². The van der Waals surface area contributed by atoms with Gasteiger partial charge in [-0.25, -0.2) is 0 Å². The van der Waals surface area contributed by atoms with Crippen LogP contribution in [0.3, 0.4) is 0 Å². The average molecular weight is 344 g/mol. The molecule has 0 aromatic heterocycles. The van der Waals surface area contributed by atoms with Gasteiger partial charge in [-0.15, -0.1) is 0 Å². The first-order chi connectivity index (χ1) is 11.8. The second-order valence-corrected chi connectivity index (χ2v) is 6.98. The zero-order valence-corrected chi connectivity index (χ0v) is 15.1. The van der Waals surface area contributed by atoms with E-state index in [1.54, 1.807) is 0 Å². The number of rotatable bonds is 12. The fourth-order valence-electron chi connectivity index (χ4n) is 3.22. The minimum atomic E-state index is -0.193. The third-order valence-electron chi connectivity index (χ3n) is 4.75. The molecule has 2 fully saturated rings. The largest absolute Gasteiger partial charge is 0.393 e. The van der Waals surface area contributed by atoms with Gasteiger partial charge in [0.05, 0.1) is 6.10 Å². The molecular weight excluding hydrogens is 308 g/mol. The van der Waals surface area contributed by atoms with E-state index in [-0.39, 0.29) is 18.7 Å². The maximum atomic E-state index is 10.0. The second-order valence-electron chi connectivity index (χ2n) is 6.98. The Morgan fingerprint density at radius 1 is 0.750 bits per heavy atom. The summed E-state index contributed by atoms with van der Waals surface area (Å²) in [6.45, 7) is 3.15. The molecule has 0 saturated carbocycles. The van der Waals surface area contributed by atoms with E-state index >= 15 is 0 Å². The van der Waals surface area contributed by atoms with Crippen molar-refractivity contribution in [3.63, 3.8) is 0 Å². The lowest BCUT2D eigenvalue weighted by Crippen LogP contribution is -2.22. The number of unbranched alkanes of at least 4 members (excludes halogenated alkanes) is 2. The predicted octanol–water partition coefficient (Wildman–Crippen LogP) is 3.77. The molecule has 0 aliphatic carbocycles. The molecule has 2 saturated heterocycles. The number of aliphatic hydroxyl groups is 1. The van der Waals surface area contributed by atoms with Crippen LogP contribution in [0.15, 0.2) is 0 Å². The molecule has 24 heavy (non-hydrogen) atoms. The lowest BCUT2D eigenvalue weighted by Gasteiger charge is -2.23. The molecule has 2 atom stereocenters. The predicted molar refractivity (Wildman–Crippen MR) is 92.8 cm³/mol. The van der Waals surface area contributed by atoms with Crippen molar-refractivity contribution >= 4 is 0 Å². The minimum Gasteiger partial charge on any atom is -0.393 e. The zero-order chi connectivity index (χ0) is 16.9. The van der Waals surface area contributed by atoms with Crippen molar-refractivity contribution in [2.45, 2.75) is 95.7 Å². The lowest BCUT2D eigenvalue weighted by molar-refractivity contribution is -0.162. The molecule has 2 aliphatic rings. The smallest absolute Gasteiger partial charge is 0.157 e. The molecule has 0 bridgehead atoms. The Labute approximate surface area is 147 Å². The minimum absolute atomic E-state index is 0.0109. The molecule has 2 aliphatic heterocycles. The molecule has 2 heterocycles. The topological polar surface area (TPSA) is 57.2 Å². The van der Waals surface area contributed by atoms with Crippen molar-refractivity contribution in [3.05, 3.63) is 0 Å². The van der Waals surface area contributed by atoms with E-state index in [4.69, 9.17) is 18.9 Å². The average Bonchev–Trinajstić information content (AvgIpc) is 2.63. The number of aliphatic hydroxyl groups excluding tert-OH is 1. The molecule has 5 heteroatoms. The molecular formula is C19H36O5. The van der Waals surface area contributed by atoms with E-state index < -0.39 is 0 Å². The highest BCUT2D eigenvalue weighted by molar-refractivity contribution is 4.59. The summed E-state index contributed by atoms with van der Waals surface area (Å²) in [5, 5.41) is 10.0. The Morgan fingerprint density at radius 3 is 1.67 bits per heavy atom. The zero-order valence-electron chi connectivity index (χ0n) is 15.1. The van der Waals surface area contributed by atoms with Crippen molar-refractivity contribution < 1.29 is 24.1 Å². The van der Waals surface area contributed by atoms with Gasteiger partial charge in [-0.1, -0.05) is 0 Å². The molecule has 0 aromatic carbocycles. The van der Waals surface area contributed by atoms with Gasteiger partial charge in [-0.05, 0) is 77.0 Å². The summed E-state index contributed by atoms with van der Waals surface area (Å²) < 4.78 is 22.5. The summed E-state index contributed by atoms with van der Waals surface area (Å²) in [5.74, 6) is 0. The van der Waals surface area contributed by atoms with E-state index in [1.807, 2.05) is 0 Å². The highest BCUT2D eigenvalue weighted by Crippen LogP contribution is 2.16. The van der Waals surface area contributed by atoms with Crippen LogP contribution < -0.4 is 0 Å². The normalized spacial score (nSPS) is 26.4. The molecule has 0 amide bonds. The van der Waals surface area contributed by atoms with Gasteiger partial charge >= 0.3 is 0 Å². The van der Waals surface area contributed by atoms with Crippen LogP contribution in [0, 0.1) is 0 Å². The number of hydrogen-bond donors (Lipinski definition) is 1. The van der Waals surface area contributed by atoms with Crippen LogP contribution in [0.5, 0.6) is 0 Å². The monoisotopic (exact) mass is 344 g/mol. The van der Waals surface area contributed by atoms with Gasteiger partial charge in [0.15, 0.2) is 12.6 Å². The Kier molecular flexibility index (Phi) is 10.9. The van der Waals surface area contributed by atoms with Crippen LogP contribution in [-0.4, -0.2) is 50.2 Å². The first-order valence-electron chi connectivity index (χ1n) is 9.99. The fourth-order valence-corrected chi connectivity index (χ4v) is 3.22. The Morgan fingerprint density at radius 2 is 1.25 bits per heavy atom. The molecule has 5 nitrogen and oxygen atoms in total. The Balaban J connectivity index is 1.33. The van der Waals surface area contributed by atoms with E-state index in [1.165, 1.54) is 12.8 Å². The molecule has 2 rings (SSSR count). The van der Waals surface area contributed by atoms with Gasteiger partial charge in [-0.3, -0.25) is 0 Å². The Bertz CT molecular complexity index is 259. The van der Waals surface area contributed by atoms with Crippen molar-refractivity contribution in [1.82, 2.24) is 0 Å². The highest BCUT2D eigenvalue weighted by atomic mass is 16.7. The van der Waals surface area contributed by atoms with Crippen molar-refractivity contribution in [3.8, 4) is 0 Å². The molecule has 0 radical (unpaired) electrons. The SMILES string of the molecule is OC(CCCCOC1CCCCO1)CCCCOC1CCCCO1.